The summed E-state index contributed by atoms with van der Waals surface area (Å²) in [5.74, 6) is 1.02. The fraction of sp³-hybridized carbons (Fsp3) is 0.100. The Kier molecular flexibility index (Phi) is 5.78. The van der Waals surface area contributed by atoms with Gasteiger partial charge in [-0.3, -0.25) is 0 Å². The fourth-order valence-electron chi connectivity index (χ4n) is 2.35. The van der Waals surface area contributed by atoms with Crippen LogP contribution in [0.3, 0.4) is 0 Å². The standard InChI is InChI=1S/C20H16F3N3O2/c21-20(22,23)15-7-9-16(10-8-15)26-19(27)25-13-14-4-3-5-17(12-14)28-18-6-1-2-11-24-18/h1-12H,13H2,(H2,25,26,27). The molecular weight excluding hydrogens is 371 g/mol. The normalized spacial score (nSPS) is 11.0. The lowest BCUT2D eigenvalue weighted by molar-refractivity contribution is -0.137. The number of aromatic nitrogens is 1. The molecule has 0 aliphatic rings. The van der Waals surface area contributed by atoms with Gasteiger partial charge in [0, 0.05) is 24.5 Å². The second-order valence-corrected chi connectivity index (χ2v) is 5.80. The molecule has 3 rings (SSSR count). The topological polar surface area (TPSA) is 63.2 Å². The minimum atomic E-state index is -4.41. The maximum absolute atomic E-state index is 12.5. The van der Waals surface area contributed by atoms with Crippen LogP contribution in [0, 0.1) is 0 Å². The van der Waals surface area contributed by atoms with Crippen LogP contribution in [0.15, 0.2) is 72.9 Å². The number of rotatable bonds is 5. The molecule has 0 radical (unpaired) electrons. The third kappa shape index (κ3) is 5.47. The highest BCUT2D eigenvalue weighted by molar-refractivity contribution is 5.89. The van der Waals surface area contributed by atoms with Crippen LogP contribution in [0.2, 0.25) is 0 Å². The lowest BCUT2D eigenvalue weighted by Gasteiger charge is -2.10. The number of carbonyl (C=O) groups excluding carboxylic acids is 1. The van der Waals surface area contributed by atoms with Crippen LogP contribution >= 0.6 is 0 Å². The molecule has 8 heteroatoms. The lowest BCUT2D eigenvalue weighted by atomic mass is 10.2. The van der Waals surface area contributed by atoms with Crippen molar-refractivity contribution in [3.8, 4) is 11.6 Å². The number of halogens is 3. The van der Waals surface area contributed by atoms with Crippen LogP contribution in [0.4, 0.5) is 23.7 Å². The minimum Gasteiger partial charge on any atom is -0.439 e. The number of hydrogen-bond donors (Lipinski definition) is 2. The molecule has 0 spiro atoms. The number of anilines is 1. The van der Waals surface area contributed by atoms with Gasteiger partial charge in [-0.05, 0) is 48.0 Å². The first-order valence-corrected chi connectivity index (χ1v) is 8.30. The van der Waals surface area contributed by atoms with Crippen LogP contribution in [-0.4, -0.2) is 11.0 Å². The van der Waals surface area contributed by atoms with Crippen LogP contribution in [0.25, 0.3) is 0 Å². The average molecular weight is 387 g/mol. The summed E-state index contributed by atoms with van der Waals surface area (Å²) in [6.07, 6.45) is -2.80. The number of amides is 2. The third-order valence-corrected chi connectivity index (χ3v) is 3.68. The van der Waals surface area contributed by atoms with Crippen molar-refractivity contribution in [2.45, 2.75) is 12.7 Å². The fourth-order valence-corrected chi connectivity index (χ4v) is 2.35. The van der Waals surface area contributed by atoms with Crippen molar-refractivity contribution in [3.05, 3.63) is 84.1 Å². The Morgan fingerprint density at radius 3 is 2.46 bits per heavy atom. The molecule has 144 valence electrons. The smallest absolute Gasteiger partial charge is 0.416 e. The molecule has 0 atom stereocenters. The van der Waals surface area contributed by atoms with Crippen molar-refractivity contribution < 1.29 is 22.7 Å². The van der Waals surface area contributed by atoms with E-state index in [1.54, 1.807) is 42.6 Å². The number of benzene rings is 2. The molecule has 0 saturated heterocycles. The summed E-state index contributed by atoms with van der Waals surface area (Å²) >= 11 is 0. The summed E-state index contributed by atoms with van der Waals surface area (Å²) < 4.78 is 43.3. The van der Waals surface area contributed by atoms with Gasteiger partial charge in [-0.1, -0.05) is 18.2 Å². The number of ether oxygens (including phenoxy) is 1. The molecule has 28 heavy (non-hydrogen) atoms. The van der Waals surface area contributed by atoms with Crippen LogP contribution in [-0.2, 0) is 12.7 Å². The quantitative estimate of drug-likeness (QED) is 0.631. The summed E-state index contributed by atoms with van der Waals surface area (Å²) in [4.78, 5) is 16.0. The highest BCUT2D eigenvalue weighted by atomic mass is 19.4. The summed E-state index contributed by atoms with van der Waals surface area (Å²) in [6, 6.07) is 16.1. The molecule has 0 saturated carbocycles. The van der Waals surface area contributed by atoms with Gasteiger partial charge in [-0.2, -0.15) is 13.2 Å². The minimum absolute atomic E-state index is 0.214. The third-order valence-electron chi connectivity index (χ3n) is 3.68. The molecule has 0 aliphatic carbocycles. The van der Waals surface area contributed by atoms with E-state index in [4.69, 9.17) is 4.74 Å². The molecule has 0 bridgehead atoms. The van der Waals surface area contributed by atoms with E-state index in [-0.39, 0.29) is 12.2 Å². The zero-order valence-electron chi connectivity index (χ0n) is 14.5. The van der Waals surface area contributed by atoms with Crippen LogP contribution < -0.4 is 15.4 Å². The van der Waals surface area contributed by atoms with E-state index >= 15 is 0 Å². The molecule has 0 unspecified atom stereocenters. The van der Waals surface area contributed by atoms with E-state index in [0.29, 0.717) is 11.6 Å². The van der Waals surface area contributed by atoms with Crippen molar-refractivity contribution in [1.82, 2.24) is 10.3 Å². The summed E-state index contributed by atoms with van der Waals surface area (Å²) in [5, 5.41) is 5.13. The predicted octanol–water partition coefficient (Wildman–Crippen LogP) is 5.21. The van der Waals surface area contributed by atoms with Gasteiger partial charge in [0.25, 0.3) is 0 Å². The molecule has 2 amide bonds. The van der Waals surface area contributed by atoms with Gasteiger partial charge in [0.2, 0.25) is 5.88 Å². The van der Waals surface area contributed by atoms with E-state index in [2.05, 4.69) is 15.6 Å². The Labute approximate surface area is 159 Å². The molecule has 2 aromatic carbocycles. The van der Waals surface area contributed by atoms with Gasteiger partial charge in [0.1, 0.15) is 5.75 Å². The highest BCUT2D eigenvalue weighted by Gasteiger charge is 2.29. The van der Waals surface area contributed by atoms with Gasteiger partial charge in [-0.15, -0.1) is 0 Å². The highest BCUT2D eigenvalue weighted by Crippen LogP contribution is 2.29. The molecule has 2 N–H and O–H groups in total. The first kappa shape index (κ1) is 19.2. The number of carbonyl (C=O) groups is 1. The molecule has 1 heterocycles. The van der Waals surface area contributed by atoms with E-state index in [0.717, 1.165) is 17.7 Å². The molecule has 0 fully saturated rings. The van der Waals surface area contributed by atoms with E-state index in [1.165, 1.54) is 12.1 Å². The van der Waals surface area contributed by atoms with Crippen molar-refractivity contribution >= 4 is 11.7 Å². The van der Waals surface area contributed by atoms with Crippen LogP contribution in [0.5, 0.6) is 11.6 Å². The Bertz CT molecular complexity index is 929. The van der Waals surface area contributed by atoms with E-state index in [9.17, 15) is 18.0 Å². The molecule has 1 aromatic heterocycles. The number of alkyl halides is 3. The molecule has 5 nitrogen and oxygen atoms in total. The number of hydrogen-bond acceptors (Lipinski definition) is 3. The van der Waals surface area contributed by atoms with Gasteiger partial charge in [-0.25, -0.2) is 9.78 Å². The van der Waals surface area contributed by atoms with Crippen molar-refractivity contribution in [3.63, 3.8) is 0 Å². The molecule has 0 aliphatic heterocycles. The van der Waals surface area contributed by atoms with Gasteiger partial charge in [0.05, 0.1) is 5.56 Å². The number of nitrogens with zero attached hydrogens (tertiary/aromatic N) is 1. The second kappa shape index (κ2) is 8.43. The largest absolute Gasteiger partial charge is 0.439 e. The average Bonchev–Trinajstić information content (AvgIpc) is 2.67. The first-order chi connectivity index (χ1) is 13.4. The maximum Gasteiger partial charge on any atom is 0.416 e. The maximum atomic E-state index is 12.5. The Hall–Kier alpha value is -3.55. The Morgan fingerprint density at radius 1 is 1.00 bits per heavy atom. The van der Waals surface area contributed by atoms with Gasteiger partial charge in [0.15, 0.2) is 0 Å². The summed E-state index contributed by atoms with van der Waals surface area (Å²) in [6.45, 7) is 0.214. The summed E-state index contributed by atoms with van der Waals surface area (Å²) in [5.41, 5.74) is 0.275. The predicted molar refractivity (Wildman–Crippen MR) is 98.1 cm³/mol. The molecule has 3 aromatic rings. The first-order valence-electron chi connectivity index (χ1n) is 8.30. The van der Waals surface area contributed by atoms with E-state index < -0.39 is 17.8 Å². The van der Waals surface area contributed by atoms with Crippen molar-refractivity contribution in [2.24, 2.45) is 0 Å². The SMILES string of the molecule is O=C(NCc1cccc(Oc2ccccn2)c1)Nc1ccc(C(F)(F)F)cc1. The van der Waals surface area contributed by atoms with Crippen molar-refractivity contribution in [1.29, 1.82) is 0 Å². The van der Waals surface area contributed by atoms with Crippen molar-refractivity contribution in [2.75, 3.05) is 5.32 Å². The van der Waals surface area contributed by atoms with Gasteiger partial charge >= 0.3 is 12.2 Å². The molecular formula is C20H16F3N3O2. The summed E-state index contributed by atoms with van der Waals surface area (Å²) in [7, 11) is 0. The zero-order chi connectivity index (χ0) is 20.0. The van der Waals surface area contributed by atoms with E-state index in [1.807, 2.05) is 6.07 Å². The lowest BCUT2D eigenvalue weighted by Crippen LogP contribution is -2.28. The monoisotopic (exact) mass is 387 g/mol. The number of urea groups is 1. The second-order valence-electron chi connectivity index (χ2n) is 5.80. The Balaban J connectivity index is 1.54. The number of pyridine rings is 1. The van der Waals surface area contributed by atoms with Gasteiger partial charge < -0.3 is 15.4 Å². The van der Waals surface area contributed by atoms with Crippen LogP contribution in [0.1, 0.15) is 11.1 Å². The zero-order valence-corrected chi connectivity index (χ0v) is 14.5. The Morgan fingerprint density at radius 2 is 1.79 bits per heavy atom. The number of nitrogens with one attached hydrogen (secondary N) is 2.